The summed E-state index contributed by atoms with van der Waals surface area (Å²) in [7, 11) is 0. The van der Waals surface area contributed by atoms with Crippen molar-refractivity contribution in [2.24, 2.45) is 0 Å². The maximum absolute atomic E-state index is 11.1. The Bertz CT molecular complexity index is 1050. The molecule has 0 aliphatic carbocycles. The number of nitriles is 1. The second-order valence-electron chi connectivity index (χ2n) is 6.32. The number of nitrogens with one attached hydrogen (secondary N) is 1. The highest BCUT2D eigenvalue weighted by Gasteiger charge is 2.23. The molecule has 1 aromatic heterocycles. The Morgan fingerprint density at radius 3 is 2.82 bits per heavy atom. The number of aromatic nitrogens is 1. The number of nitrogens with zero attached hydrogens (tertiary/aromatic N) is 2. The van der Waals surface area contributed by atoms with E-state index in [0.717, 1.165) is 16.3 Å². The highest BCUT2D eigenvalue weighted by atomic mass is 16.6. The molecule has 3 aromatic rings. The highest BCUT2D eigenvalue weighted by Crippen LogP contribution is 2.31. The van der Waals surface area contributed by atoms with Crippen molar-refractivity contribution in [1.29, 1.82) is 5.26 Å². The van der Waals surface area contributed by atoms with E-state index in [1.165, 1.54) is 0 Å². The van der Waals surface area contributed by atoms with Crippen LogP contribution in [0.15, 0.2) is 54.7 Å². The number of ether oxygens (including phenoxy) is 3. The van der Waals surface area contributed by atoms with Gasteiger partial charge in [0.05, 0.1) is 5.56 Å². The Morgan fingerprint density at radius 1 is 1.21 bits per heavy atom. The molecule has 28 heavy (non-hydrogen) atoms. The molecule has 0 spiro atoms. The summed E-state index contributed by atoms with van der Waals surface area (Å²) in [4.78, 5) is 15.4. The monoisotopic (exact) mass is 375 g/mol. The van der Waals surface area contributed by atoms with Crippen LogP contribution in [0.2, 0.25) is 0 Å². The Balaban J connectivity index is 1.58. The molecule has 1 saturated heterocycles. The van der Waals surface area contributed by atoms with E-state index in [4.69, 9.17) is 14.2 Å². The zero-order valence-electron chi connectivity index (χ0n) is 14.9. The van der Waals surface area contributed by atoms with Gasteiger partial charge in [0.2, 0.25) is 5.88 Å². The number of cyclic esters (lactones) is 1. The Morgan fingerprint density at radius 2 is 2.07 bits per heavy atom. The molecular weight excluding hydrogens is 358 g/mol. The van der Waals surface area contributed by atoms with Crippen molar-refractivity contribution in [3.8, 4) is 17.7 Å². The molecule has 0 radical (unpaired) electrons. The van der Waals surface area contributed by atoms with Crippen molar-refractivity contribution in [3.63, 3.8) is 0 Å². The normalized spacial score (nSPS) is 15.5. The molecule has 7 nitrogen and oxygen atoms in total. The first-order chi connectivity index (χ1) is 13.7. The minimum Gasteiger partial charge on any atom is -0.487 e. The van der Waals surface area contributed by atoms with Crippen LogP contribution in [0.5, 0.6) is 11.6 Å². The van der Waals surface area contributed by atoms with Gasteiger partial charge in [-0.1, -0.05) is 30.3 Å². The molecule has 1 aliphatic heterocycles. The molecule has 1 N–H and O–H groups in total. The van der Waals surface area contributed by atoms with Gasteiger partial charge in [-0.25, -0.2) is 9.78 Å². The zero-order chi connectivity index (χ0) is 19.3. The lowest BCUT2D eigenvalue weighted by Crippen LogP contribution is -2.32. The van der Waals surface area contributed by atoms with Crippen molar-refractivity contribution in [3.05, 3.63) is 65.9 Å². The smallest absolute Gasteiger partial charge is 0.407 e. The van der Waals surface area contributed by atoms with Crippen LogP contribution in [-0.2, 0) is 11.3 Å². The summed E-state index contributed by atoms with van der Waals surface area (Å²) in [6, 6.07) is 17.0. The third-order valence-corrected chi connectivity index (χ3v) is 4.34. The molecule has 0 bridgehead atoms. The van der Waals surface area contributed by atoms with Crippen LogP contribution in [0.3, 0.4) is 0 Å². The number of benzene rings is 2. The van der Waals surface area contributed by atoms with Crippen molar-refractivity contribution in [1.82, 2.24) is 10.3 Å². The van der Waals surface area contributed by atoms with Crippen LogP contribution in [0.4, 0.5) is 4.79 Å². The third-order valence-electron chi connectivity index (χ3n) is 4.34. The van der Waals surface area contributed by atoms with E-state index in [1.807, 2.05) is 36.4 Å². The number of carbonyl (C=O) groups is 1. The molecule has 1 atom stereocenters. The molecule has 4 rings (SSSR count). The Hall–Kier alpha value is -3.79. The van der Waals surface area contributed by atoms with Crippen molar-refractivity contribution in [2.75, 3.05) is 13.2 Å². The summed E-state index contributed by atoms with van der Waals surface area (Å²) in [5.74, 6) is 0.877. The fourth-order valence-corrected chi connectivity index (χ4v) is 2.93. The van der Waals surface area contributed by atoms with Crippen molar-refractivity contribution >= 4 is 16.9 Å². The standard InChI is InChI=1S/C21H17N3O4/c22-10-16-8-15-6-7-23-20(27-12-17-13-28-21(25)24-17)18(15)9-19(16)26-11-14-4-2-1-3-5-14/h1-9,17H,11-13H2,(H,24,25). The zero-order valence-corrected chi connectivity index (χ0v) is 14.9. The van der Waals surface area contributed by atoms with Crippen LogP contribution in [0.1, 0.15) is 11.1 Å². The number of amides is 1. The van der Waals surface area contributed by atoms with E-state index in [-0.39, 0.29) is 19.3 Å². The first kappa shape index (κ1) is 17.6. The minimum atomic E-state index is -0.449. The topological polar surface area (TPSA) is 93.5 Å². The molecule has 1 fully saturated rings. The van der Waals surface area contributed by atoms with Crippen LogP contribution < -0.4 is 14.8 Å². The van der Waals surface area contributed by atoms with Gasteiger partial charge in [-0.05, 0) is 29.1 Å². The predicted octanol–water partition coefficient (Wildman–Crippen LogP) is 3.17. The van der Waals surface area contributed by atoms with Gasteiger partial charge in [0.15, 0.2) is 0 Å². The van der Waals surface area contributed by atoms with E-state index >= 15 is 0 Å². The van der Waals surface area contributed by atoms with Gasteiger partial charge >= 0.3 is 6.09 Å². The van der Waals surface area contributed by atoms with Crippen LogP contribution in [-0.4, -0.2) is 30.3 Å². The second kappa shape index (κ2) is 7.84. The summed E-state index contributed by atoms with van der Waals surface area (Å²) < 4.78 is 16.5. The Kier molecular flexibility index (Phi) is 4.93. The largest absolute Gasteiger partial charge is 0.487 e. The number of rotatable bonds is 6. The van der Waals surface area contributed by atoms with Gasteiger partial charge in [0.1, 0.15) is 37.7 Å². The highest BCUT2D eigenvalue weighted by molar-refractivity contribution is 5.89. The number of carbonyl (C=O) groups excluding carboxylic acids is 1. The summed E-state index contributed by atoms with van der Waals surface area (Å²) in [5, 5.41) is 13.7. The Labute approximate surface area is 161 Å². The molecule has 1 unspecified atom stereocenters. The molecular formula is C21H17N3O4. The average molecular weight is 375 g/mol. The summed E-state index contributed by atoms with van der Waals surface area (Å²) in [5.41, 5.74) is 1.45. The summed E-state index contributed by atoms with van der Waals surface area (Å²) >= 11 is 0. The maximum Gasteiger partial charge on any atom is 0.407 e. The number of pyridine rings is 1. The fraction of sp³-hybridized carbons (Fsp3) is 0.190. The van der Waals surface area contributed by atoms with Gasteiger partial charge in [-0.3, -0.25) is 0 Å². The average Bonchev–Trinajstić information content (AvgIpc) is 3.15. The fourth-order valence-electron chi connectivity index (χ4n) is 2.93. The lowest BCUT2D eigenvalue weighted by atomic mass is 10.1. The predicted molar refractivity (Wildman–Crippen MR) is 101 cm³/mol. The maximum atomic E-state index is 11.1. The van der Waals surface area contributed by atoms with Crippen molar-refractivity contribution in [2.45, 2.75) is 12.6 Å². The van der Waals surface area contributed by atoms with Crippen LogP contribution >= 0.6 is 0 Å². The summed E-state index contributed by atoms with van der Waals surface area (Å²) in [6.07, 6.45) is 1.17. The van der Waals surface area contributed by atoms with Gasteiger partial charge < -0.3 is 19.5 Å². The number of hydrogen-bond donors (Lipinski definition) is 1. The van der Waals surface area contributed by atoms with Crippen LogP contribution in [0, 0.1) is 11.3 Å². The van der Waals surface area contributed by atoms with E-state index in [1.54, 1.807) is 18.3 Å². The SMILES string of the molecule is N#Cc1cc2ccnc(OCC3COC(=O)N3)c2cc1OCc1ccccc1. The van der Waals surface area contributed by atoms with E-state index in [2.05, 4.69) is 16.4 Å². The molecule has 1 aliphatic rings. The van der Waals surface area contributed by atoms with Gasteiger partial charge in [0, 0.05) is 11.6 Å². The third kappa shape index (κ3) is 3.81. The number of fused-ring (bicyclic) bond motifs is 1. The van der Waals surface area contributed by atoms with E-state index < -0.39 is 6.09 Å². The van der Waals surface area contributed by atoms with Crippen molar-refractivity contribution < 1.29 is 19.0 Å². The first-order valence-electron chi connectivity index (χ1n) is 8.78. The first-order valence-corrected chi connectivity index (χ1v) is 8.78. The van der Waals surface area contributed by atoms with E-state index in [0.29, 0.717) is 23.8 Å². The molecule has 2 heterocycles. The molecule has 2 aromatic carbocycles. The number of alkyl carbamates (subject to hydrolysis) is 1. The molecule has 140 valence electrons. The quantitative estimate of drug-likeness (QED) is 0.711. The van der Waals surface area contributed by atoms with E-state index in [9.17, 15) is 10.1 Å². The molecule has 0 saturated carbocycles. The van der Waals surface area contributed by atoms with Crippen LogP contribution in [0.25, 0.3) is 10.8 Å². The lowest BCUT2D eigenvalue weighted by Gasteiger charge is -2.13. The lowest BCUT2D eigenvalue weighted by molar-refractivity contribution is 0.174. The molecule has 1 amide bonds. The summed E-state index contributed by atoms with van der Waals surface area (Å²) in [6.45, 7) is 0.842. The van der Waals surface area contributed by atoms with Gasteiger partial charge in [-0.2, -0.15) is 5.26 Å². The molecule has 7 heteroatoms. The number of hydrogen-bond acceptors (Lipinski definition) is 6. The minimum absolute atomic E-state index is 0.225. The van der Waals surface area contributed by atoms with Gasteiger partial charge in [-0.15, -0.1) is 0 Å². The van der Waals surface area contributed by atoms with Gasteiger partial charge in [0.25, 0.3) is 0 Å². The second-order valence-corrected chi connectivity index (χ2v) is 6.32.